The summed E-state index contributed by atoms with van der Waals surface area (Å²) in [7, 11) is 0. The van der Waals surface area contributed by atoms with Gasteiger partial charge in [0.15, 0.2) is 0 Å². The number of ether oxygens (including phenoxy) is 1. The summed E-state index contributed by atoms with van der Waals surface area (Å²) in [6.45, 7) is 6.74. The van der Waals surface area contributed by atoms with Crippen LogP contribution in [-0.2, 0) is 14.3 Å². The number of hydrogen-bond donors (Lipinski definition) is 0. The molecule has 23 heavy (non-hydrogen) atoms. The highest BCUT2D eigenvalue weighted by atomic mass is 16.5. The molecule has 3 rings (SSSR count). The molecule has 2 aliphatic carbocycles. The molecule has 0 aromatic carbocycles. The Morgan fingerprint density at radius 2 is 2.13 bits per heavy atom. The van der Waals surface area contributed by atoms with Crippen LogP contribution in [0.2, 0.25) is 0 Å². The lowest BCUT2D eigenvalue weighted by molar-refractivity contribution is -0.135. The zero-order valence-corrected chi connectivity index (χ0v) is 14.5. The molecule has 0 N–H and O–H groups in total. The zero-order chi connectivity index (χ0) is 16.6. The lowest BCUT2D eigenvalue weighted by Gasteiger charge is -2.29. The lowest BCUT2D eigenvalue weighted by Crippen LogP contribution is -2.26. The third kappa shape index (κ3) is 3.15. The van der Waals surface area contributed by atoms with Gasteiger partial charge in [0.05, 0.1) is 6.61 Å². The average Bonchev–Trinajstić information content (AvgIpc) is 3.04. The van der Waals surface area contributed by atoms with Gasteiger partial charge in [0.2, 0.25) is 0 Å². The molecule has 0 aromatic rings. The Morgan fingerprint density at radius 1 is 1.35 bits per heavy atom. The molecule has 0 aromatic heterocycles. The summed E-state index contributed by atoms with van der Waals surface area (Å²) in [5.74, 6) is 1.96. The van der Waals surface area contributed by atoms with Gasteiger partial charge in [-0.1, -0.05) is 31.6 Å². The molecule has 3 aliphatic rings. The molecule has 0 spiro atoms. The van der Waals surface area contributed by atoms with E-state index in [1.54, 1.807) is 0 Å². The van der Waals surface area contributed by atoms with Crippen LogP contribution < -0.4 is 0 Å². The van der Waals surface area contributed by atoms with Crippen LogP contribution in [0.3, 0.4) is 0 Å². The number of rotatable bonds is 4. The largest absolute Gasteiger partial charge is 0.462 e. The Hall–Kier alpha value is -1.38. The van der Waals surface area contributed by atoms with E-state index >= 15 is 0 Å². The molecule has 1 heterocycles. The second-order valence-electron chi connectivity index (χ2n) is 8.22. The van der Waals surface area contributed by atoms with Crippen molar-refractivity contribution >= 4 is 12.3 Å². The standard InChI is InChI=1S/C20H28O3/c1-13(9-10-20(2,3)12-21)15-8-7-14-5-4-6-16-17(18(14)15)11-23-19(16)22/h6,9,12,14-15,17-18H,4-5,7-8,10-11H2,1-3H3/b13-9+/t14-,15+,17-,18+/m0/s1. The zero-order valence-electron chi connectivity index (χ0n) is 14.5. The van der Waals surface area contributed by atoms with Crippen molar-refractivity contribution in [2.24, 2.45) is 29.1 Å². The molecule has 2 fully saturated rings. The van der Waals surface area contributed by atoms with Gasteiger partial charge in [0, 0.05) is 16.9 Å². The van der Waals surface area contributed by atoms with Gasteiger partial charge < -0.3 is 9.53 Å². The second kappa shape index (κ2) is 6.26. The number of hydrogen-bond acceptors (Lipinski definition) is 3. The molecule has 3 nitrogen and oxygen atoms in total. The number of allylic oxidation sites excluding steroid dienone is 3. The van der Waals surface area contributed by atoms with E-state index < -0.39 is 0 Å². The Morgan fingerprint density at radius 3 is 2.87 bits per heavy atom. The topological polar surface area (TPSA) is 43.4 Å². The quantitative estimate of drug-likeness (QED) is 0.446. The molecule has 0 amide bonds. The SMILES string of the molecule is C/C(=C\CC(C)(C)C=O)[C@H]1CC[C@@H]2CCC=C3C(=O)OC[C@@H]3[C@H]21. The predicted molar refractivity (Wildman–Crippen MR) is 89.7 cm³/mol. The number of carbonyl (C=O) groups is 2. The smallest absolute Gasteiger partial charge is 0.334 e. The normalized spacial score (nSPS) is 34.3. The molecular formula is C20H28O3. The molecule has 3 heteroatoms. The van der Waals surface area contributed by atoms with Crippen LogP contribution in [-0.4, -0.2) is 18.9 Å². The van der Waals surface area contributed by atoms with E-state index in [1.807, 2.05) is 13.8 Å². The highest BCUT2D eigenvalue weighted by molar-refractivity contribution is 5.91. The molecule has 1 saturated carbocycles. The first-order chi connectivity index (χ1) is 10.9. The molecular weight excluding hydrogens is 288 g/mol. The minimum Gasteiger partial charge on any atom is -0.462 e. The van der Waals surface area contributed by atoms with Crippen molar-refractivity contribution in [2.45, 2.75) is 52.9 Å². The maximum absolute atomic E-state index is 12.0. The van der Waals surface area contributed by atoms with Crippen molar-refractivity contribution in [3.05, 3.63) is 23.3 Å². The van der Waals surface area contributed by atoms with E-state index in [9.17, 15) is 9.59 Å². The number of esters is 1. The monoisotopic (exact) mass is 316 g/mol. The van der Waals surface area contributed by atoms with Gasteiger partial charge in [-0.3, -0.25) is 0 Å². The van der Waals surface area contributed by atoms with Gasteiger partial charge in [-0.2, -0.15) is 0 Å². The second-order valence-corrected chi connectivity index (χ2v) is 8.22. The first kappa shape index (κ1) is 16.5. The van der Waals surface area contributed by atoms with Gasteiger partial charge >= 0.3 is 5.97 Å². The van der Waals surface area contributed by atoms with E-state index in [4.69, 9.17) is 4.74 Å². The van der Waals surface area contributed by atoms with Crippen molar-refractivity contribution in [3.63, 3.8) is 0 Å². The average molecular weight is 316 g/mol. The van der Waals surface area contributed by atoms with Crippen molar-refractivity contribution in [3.8, 4) is 0 Å². The van der Waals surface area contributed by atoms with Gasteiger partial charge in [-0.15, -0.1) is 0 Å². The van der Waals surface area contributed by atoms with Crippen LogP contribution in [0.1, 0.15) is 52.9 Å². The lowest BCUT2D eigenvalue weighted by atomic mass is 9.74. The minimum absolute atomic E-state index is 0.0926. The molecule has 0 radical (unpaired) electrons. The Labute approximate surface area is 139 Å². The van der Waals surface area contributed by atoms with Gasteiger partial charge in [-0.25, -0.2) is 4.79 Å². The maximum Gasteiger partial charge on any atom is 0.334 e. The Bertz CT molecular complexity index is 555. The molecule has 0 bridgehead atoms. The molecule has 4 atom stereocenters. The Balaban J connectivity index is 1.81. The van der Waals surface area contributed by atoms with E-state index in [0.717, 1.165) is 24.7 Å². The fraction of sp³-hybridized carbons (Fsp3) is 0.700. The Kier molecular flexibility index (Phi) is 4.48. The van der Waals surface area contributed by atoms with Crippen LogP contribution in [0.5, 0.6) is 0 Å². The summed E-state index contributed by atoms with van der Waals surface area (Å²) in [4.78, 5) is 23.1. The summed E-state index contributed by atoms with van der Waals surface area (Å²) in [5, 5.41) is 0. The summed E-state index contributed by atoms with van der Waals surface area (Å²) in [6.07, 6.45) is 10.9. The fourth-order valence-corrected chi connectivity index (χ4v) is 4.70. The summed E-state index contributed by atoms with van der Waals surface area (Å²) >= 11 is 0. The summed E-state index contributed by atoms with van der Waals surface area (Å²) in [5.41, 5.74) is 2.04. The molecule has 0 unspecified atom stereocenters. The fourth-order valence-electron chi connectivity index (χ4n) is 4.70. The third-order valence-corrected chi connectivity index (χ3v) is 6.11. The van der Waals surface area contributed by atoms with E-state index in [-0.39, 0.29) is 17.3 Å². The van der Waals surface area contributed by atoms with Crippen LogP contribution in [0.25, 0.3) is 0 Å². The van der Waals surface area contributed by atoms with E-state index in [2.05, 4.69) is 19.1 Å². The molecule has 126 valence electrons. The van der Waals surface area contributed by atoms with Gasteiger partial charge in [0.25, 0.3) is 0 Å². The van der Waals surface area contributed by atoms with Crippen LogP contribution in [0, 0.1) is 29.1 Å². The summed E-state index contributed by atoms with van der Waals surface area (Å²) < 4.78 is 5.35. The highest BCUT2D eigenvalue weighted by Gasteiger charge is 2.47. The van der Waals surface area contributed by atoms with Gasteiger partial charge in [0.1, 0.15) is 6.29 Å². The first-order valence-electron chi connectivity index (χ1n) is 8.93. The van der Waals surface area contributed by atoms with E-state index in [0.29, 0.717) is 24.4 Å². The number of carbonyl (C=O) groups excluding carboxylic acids is 2. The maximum atomic E-state index is 12.0. The number of cyclic esters (lactones) is 1. The van der Waals surface area contributed by atoms with Crippen LogP contribution in [0.15, 0.2) is 23.3 Å². The van der Waals surface area contributed by atoms with E-state index in [1.165, 1.54) is 24.8 Å². The van der Waals surface area contributed by atoms with Crippen molar-refractivity contribution in [2.75, 3.05) is 6.61 Å². The van der Waals surface area contributed by atoms with Crippen molar-refractivity contribution < 1.29 is 14.3 Å². The van der Waals surface area contributed by atoms with Gasteiger partial charge in [-0.05, 0) is 56.8 Å². The number of aldehydes is 1. The van der Waals surface area contributed by atoms with Crippen LogP contribution >= 0.6 is 0 Å². The number of fused-ring (bicyclic) bond motifs is 3. The molecule has 1 aliphatic heterocycles. The molecule has 1 saturated heterocycles. The summed E-state index contributed by atoms with van der Waals surface area (Å²) in [6, 6.07) is 0. The first-order valence-corrected chi connectivity index (χ1v) is 8.93. The highest BCUT2D eigenvalue weighted by Crippen LogP contribution is 2.52. The minimum atomic E-state index is -0.291. The van der Waals surface area contributed by atoms with Crippen molar-refractivity contribution in [1.29, 1.82) is 0 Å². The van der Waals surface area contributed by atoms with Crippen molar-refractivity contribution in [1.82, 2.24) is 0 Å². The van der Waals surface area contributed by atoms with Crippen LogP contribution in [0.4, 0.5) is 0 Å². The predicted octanol–water partition coefficient (Wildman–Crippen LogP) is 4.08. The third-order valence-electron chi connectivity index (χ3n) is 6.11.